The van der Waals surface area contributed by atoms with E-state index in [9.17, 15) is 13.2 Å². The summed E-state index contributed by atoms with van der Waals surface area (Å²) < 4.78 is 31.3. The molecule has 0 saturated carbocycles. The Bertz CT molecular complexity index is 963. The summed E-state index contributed by atoms with van der Waals surface area (Å²) in [5.41, 5.74) is 6.28. The van der Waals surface area contributed by atoms with Crippen LogP contribution >= 0.6 is 0 Å². The van der Waals surface area contributed by atoms with E-state index in [1.54, 1.807) is 24.3 Å². The number of anilines is 2. The van der Waals surface area contributed by atoms with Crippen LogP contribution in [-0.4, -0.2) is 64.9 Å². The van der Waals surface area contributed by atoms with Gasteiger partial charge in [0, 0.05) is 24.7 Å². The lowest BCUT2D eigenvalue weighted by Crippen LogP contribution is -2.42. The maximum absolute atomic E-state index is 12.7. The lowest BCUT2D eigenvalue weighted by atomic mass is 10.1. The van der Waals surface area contributed by atoms with Crippen molar-refractivity contribution < 1.29 is 17.9 Å². The smallest absolute Gasteiger partial charge is 0.281 e. The Balaban J connectivity index is 1.65. The maximum Gasteiger partial charge on any atom is 0.281 e. The molecule has 3 N–H and O–H groups in total. The third kappa shape index (κ3) is 5.24. The number of nitrogens with two attached hydrogens (primary N) is 1. The van der Waals surface area contributed by atoms with Crippen LogP contribution in [0.3, 0.4) is 0 Å². The van der Waals surface area contributed by atoms with Crippen LogP contribution in [-0.2, 0) is 10.0 Å². The van der Waals surface area contributed by atoms with Crippen LogP contribution in [0, 0.1) is 0 Å². The first kappa shape index (κ1) is 21.1. The number of aromatic nitrogens is 3. The number of nitrogens with zero attached hydrogens (tertiary/aromatic N) is 4. The van der Waals surface area contributed by atoms with Crippen molar-refractivity contribution in [1.82, 2.24) is 19.1 Å². The number of hydrogen-bond acceptors (Lipinski definition) is 8. The monoisotopic (exact) mass is 422 g/mol. The van der Waals surface area contributed by atoms with Gasteiger partial charge in [-0.3, -0.25) is 4.79 Å². The average molecular weight is 423 g/mol. The van der Waals surface area contributed by atoms with Gasteiger partial charge in [-0.2, -0.15) is 9.67 Å². The Morgan fingerprint density at radius 1 is 1.24 bits per heavy atom. The van der Waals surface area contributed by atoms with Gasteiger partial charge in [0.1, 0.15) is 5.75 Å². The van der Waals surface area contributed by atoms with Crippen LogP contribution in [0.1, 0.15) is 37.0 Å². The first-order valence-electron chi connectivity index (χ1n) is 9.39. The second-order valence-corrected chi connectivity index (χ2v) is 9.26. The van der Waals surface area contributed by atoms with Crippen molar-refractivity contribution >= 4 is 27.8 Å². The van der Waals surface area contributed by atoms with Crippen LogP contribution in [0.4, 0.5) is 11.9 Å². The minimum Gasteiger partial charge on any atom is -0.491 e. The molecule has 0 aliphatic carbocycles. The molecule has 0 atom stereocenters. The number of carbonyl (C=O) groups is 1. The molecule has 29 heavy (non-hydrogen) atoms. The van der Waals surface area contributed by atoms with E-state index in [1.807, 2.05) is 13.8 Å². The van der Waals surface area contributed by atoms with Gasteiger partial charge in [0.2, 0.25) is 21.9 Å². The van der Waals surface area contributed by atoms with E-state index >= 15 is 0 Å². The molecule has 0 spiro atoms. The van der Waals surface area contributed by atoms with Crippen LogP contribution < -0.4 is 15.8 Å². The van der Waals surface area contributed by atoms with Crippen molar-refractivity contribution in [1.29, 1.82) is 0 Å². The summed E-state index contributed by atoms with van der Waals surface area (Å²) in [6, 6.07) is 6.74. The molecule has 1 aromatic heterocycles. The SMILES string of the molecule is CC(C)Oc1ccc(C(=O)n2nc(NC3CCN(S(C)(=O)=O)CC3)nc2N)cc1. The number of benzene rings is 1. The number of carbonyl (C=O) groups excluding carboxylic acids is 1. The Hall–Kier alpha value is -2.66. The molecule has 3 rings (SSSR count). The highest BCUT2D eigenvalue weighted by Crippen LogP contribution is 2.19. The zero-order valence-corrected chi connectivity index (χ0v) is 17.5. The van der Waals surface area contributed by atoms with Crippen molar-refractivity contribution in [2.24, 2.45) is 0 Å². The first-order chi connectivity index (χ1) is 13.6. The molecule has 1 aliphatic rings. The molecule has 1 saturated heterocycles. The van der Waals surface area contributed by atoms with E-state index in [-0.39, 0.29) is 24.0 Å². The lowest BCUT2D eigenvalue weighted by molar-refractivity contribution is 0.0948. The second kappa shape index (κ2) is 8.37. The number of rotatable bonds is 6. The van der Waals surface area contributed by atoms with Gasteiger partial charge in [-0.15, -0.1) is 5.10 Å². The zero-order valence-electron chi connectivity index (χ0n) is 16.7. The maximum atomic E-state index is 12.7. The van der Waals surface area contributed by atoms with E-state index in [0.29, 0.717) is 37.2 Å². The lowest BCUT2D eigenvalue weighted by Gasteiger charge is -2.30. The van der Waals surface area contributed by atoms with Gasteiger partial charge >= 0.3 is 0 Å². The number of hydrogen-bond donors (Lipinski definition) is 2. The molecule has 0 unspecified atom stereocenters. The second-order valence-electron chi connectivity index (χ2n) is 7.28. The molecule has 1 aliphatic heterocycles. The highest BCUT2D eigenvalue weighted by Gasteiger charge is 2.26. The first-order valence-corrected chi connectivity index (χ1v) is 11.2. The minimum atomic E-state index is -3.18. The number of piperidine rings is 1. The molecule has 2 aromatic rings. The van der Waals surface area contributed by atoms with Gasteiger partial charge in [0.05, 0.1) is 12.4 Å². The summed E-state index contributed by atoms with van der Waals surface area (Å²) in [6.07, 6.45) is 2.48. The Kier molecular flexibility index (Phi) is 6.08. The summed E-state index contributed by atoms with van der Waals surface area (Å²) in [6.45, 7) is 4.70. The fraction of sp³-hybridized carbons (Fsp3) is 0.500. The van der Waals surface area contributed by atoms with E-state index in [4.69, 9.17) is 10.5 Å². The van der Waals surface area contributed by atoms with E-state index < -0.39 is 15.9 Å². The fourth-order valence-corrected chi connectivity index (χ4v) is 3.99. The predicted octanol–water partition coefficient (Wildman–Crippen LogP) is 1.17. The highest BCUT2D eigenvalue weighted by molar-refractivity contribution is 7.88. The van der Waals surface area contributed by atoms with Crippen LogP contribution in [0.25, 0.3) is 0 Å². The third-order valence-corrected chi connectivity index (χ3v) is 5.86. The summed E-state index contributed by atoms with van der Waals surface area (Å²) in [5.74, 6) is 0.499. The predicted molar refractivity (Wildman–Crippen MR) is 109 cm³/mol. The topological polar surface area (TPSA) is 132 Å². The van der Waals surface area contributed by atoms with E-state index in [0.717, 1.165) is 4.68 Å². The molecule has 0 bridgehead atoms. The normalized spacial score (nSPS) is 16.1. The molecule has 2 heterocycles. The Morgan fingerprint density at radius 2 is 1.86 bits per heavy atom. The van der Waals surface area contributed by atoms with Crippen molar-refractivity contribution in [3.63, 3.8) is 0 Å². The molecule has 158 valence electrons. The summed E-state index contributed by atoms with van der Waals surface area (Å²) in [7, 11) is -3.18. The standard InChI is InChI=1S/C18H26N6O4S/c1-12(2)28-15-6-4-13(5-7-15)16(25)24-17(19)21-18(22-24)20-14-8-10-23(11-9-14)29(3,26)27/h4-7,12,14H,8-11H2,1-3H3,(H3,19,20,21,22). The minimum absolute atomic E-state index is 0.00539. The van der Waals surface area contributed by atoms with Crippen molar-refractivity contribution in [3.05, 3.63) is 29.8 Å². The average Bonchev–Trinajstić information content (AvgIpc) is 3.01. The van der Waals surface area contributed by atoms with Gasteiger partial charge < -0.3 is 15.8 Å². The third-order valence-electron chi connectivity index (χ3n) is 4.55. The Morgan fingerprint density at radius 3 is 2.41 bits per heavy atom. The van der Waals surface area contributed by atoms with Gasteiger partial charge in [0.25, 0.3) is 5.91 Å². The fourth-order valence-electron chi connectivity index (χ4n) is 3.12. The largest absolute Gasteiger partial charge is 0.491 e. The number of ether oxygens (including phenoxy) is 1. The molecular formula is C18H26N6O4S. The van der Waals surface area contributed by atoms with Gasteiger partial charge in [-0.1, -0.05) is 0 Å². The molecule has 0 radical (unpaired) electrons. The zero-order chi connectivity index (χ0) is 21.2. The summed E-state index contributed by atoms with van der Waals surface area (Å²) in [5, 5.41) is 7.31. The molecule has 10 nitrogen and oxygen atoms in total. The molecular weight excluding hydrogens is 396 g/mol. The van der Waals surface area contributed by atoms with Crippen LogP contribution in [0.15, 0.2) is 24.3 Å². The molecule has 1 fully saturated rings. The van der Waals surface area contributed by atoms with E-state index in [1.165, 1.54) is 10.6 Å². The van der Waals surface area contributed by atoms with Gasteiger partial charge in [0.15, 0.2) is 0 Å². The number of nitrogens with one attached hydrogen (secondary N) is 1. The summed E-state index contributed by atoms with van der Waals surface area (Å²) in [4.78, 5) is 16.8. The van der Waals surface area contributed by atoms with Crippen LogP contribution in [0.5, 0.6) is 5.75 Å². The molecule has 11 heteroatoms. The highest BCUT2D eigenvalue weighted by atomic mass is 32.2. The van der Waals surface area contributed by atoms with Crippen molar-refractivity contribution in [2.75, 3.05) is 30.4 Å². The van der Waals surface area contributed by atoms with Crippen molar-refractivity contribution in [3.8, 4) is 5.75 Å². The van der Waals surface area contributed by atoms with Crippen LogP contribution in [0.2, 0.25) is 0 Å². The quantitative estimate of drug-likeness (QED) is 0.709. The number of sulfonamides is 1. The molecule has 0 amide bonds. The Labute approximate surface area is 170 Å². The van der Waals surface area contributed by atoms with Crippen molar-refractivity contribution in [2.45, 2.75) is 38.8 Å². The van der Waals surface area contributed by atoms with E-state index in [2.05, 4.69) is 15.4 Å². The van der Waals surface area contributed by atoms with Gasteiger partial charge in [-0.05, 0) is 51.0 Å². The summed E-state index contributed by atoms with van der Waals surface area (Å²) >= 11 is 0. The molecule has 1 aromatic carbocycles. The number of nitrogen functional groups attached to an aromatic ring is 1. The van der Waals surface area contributed by atoms with Gasteiger partial charge in [-0.25, -0.2) is 12.7 Å².